The summed E-state index contributed by atoms with van der Waals surface area (Å²) in [5.74, 6) is 0.446. The van der Waals surface area contributed by atoms with Crippen molar-refractivity contribution < 1.29 is 23.8 Å². The molecule has 1 aliphatic heterocycles. The maximum atomic E-state index is 13.6. The molecule has 7 nitrogen and oxygen atoms in total. The Morgan fingerprint density at radius 3 is 1.97 bits per heavy atom. The number of amides is 2. The highest BCUT2D eigenvalue weighted by molar-refractivity contribution is 6.46. The van der Waals surface area contributed by atoms with E-state index in [1.54, 1.807) is 36.4 Å². The number of nitrogens with one attached hydrogen (secondary N) is 1. The predicted molar refractivity (Wildman–Crippen MR) is 131 cm³/mol. The molecule has 0 aromatic heterocycles. The first-order chi connectivity index (χ1) is 16.4. The number of aryl methyl sites for hydroxylation is 2. The molecule has 174 valence electrons. The first-order valence-corrected chi connectivity index (χ1v) is 10.7. The van der Waals surface area contributed by atoms with Gasteiger partial charge in [-0.3, -0.25) is 9.59 Å². The minimum atomic E-state index is -0.445. The van der Waals surface area contributed by atoms with Gasteiger partial charge >= 0.3 is 0 Å². The van der Waals surface area contributed by atoms with Crippen LogP contribution in [-0.2, 0) is 9.59 Å². The zero-order valence-corrected chi connectivity index (χ0v) is 19.8. The summed E-state index contributed by atoms with van der Waals surface area (Å²) in [4.78, 5) is 28.4. The highest BCUT2D eigenvalue weighted by Crippen LogP contribution is 2.42. The number of imide groups is 1. The van der Waals surface area contributed by atoms with Crippen LogP contribution in [0.2, 0.25) is 0 Å². The maximum Gasteiger partial charge on any atom is 0.282 e. The highest BCUT2D eigenvalue weighted by Gasteiger charge is 2.40. The van der Waals surface area contributed by atoms with Crippen molar-refractivity contribution in [3.8, 4) is 17.2 Å². The van der Waals surface area contributed by atoms with Crippen molar-refractivity contribution in [1.29, 1.82) is 0 Å². The van der Waals surface area contributed by atoms with Crippen LogP contribution in [0.15, 0.2) is 66.4 Å². The molecule has 1 heterocycles. The summed E-state index contributed by atoms with van der Waals surface area (Å²) >= 11 is 0. The summed E-state index contributed by atoms with van der Waals surface area (Å²) in [7, 11) is 4.55. The fourth-order valence-corrected chi connectivity index (χ4v) is 4.10. The molecule has 1 aliphatic rings. The second-order valence-corrected chi connectivity index (χ2v) is 7.89. The van der Waals surface area contributed by atoms with Gasteiger partial charge in [0.15, 0.2) is 11.5 Å². The summed E-state index contributed by atoms with van der Waals surface area (Å²) < 4.78 is 16.3. The number of anilines is 2. The Morgan fingerprint density at radius 2 is 1.41 bits per heavy atom. The van der Waals surface area contributed by atoms with E-state index in [2.05, 4.69) is 5.32 Å². The molecule has 2 amide bonds. The average molecular weight is 459 g/mol. The number of rotatable bonds is 7. The monoisotopic (exact) mass is 458 g/mol. The van der Waals surface area contributed by atoms with Gasteiger partial charge in [-0.05, 0) is 37.1 Å². The van der Waals surface area contributed by atoms with E-state index in [0.29, 0.717) is 39.8 Å². The zero-order valence-electron chi connectivity index (χ0n) is 19.8. The van der Waals surface area contributed by atoms with Crippen LogP contribution in [0.3, 0.4) is 0 Å². The molecule has 1 N–H and O–H groups in total. The highest BCUT2D eigenvalue weighted by atomic mass is 16.5. The quantitative estimate of drug-likeness (QED) is 0.516. The molecule has 0 bridgehead atoms. The molecule has 0 unspecified atom stereocenters. The SMILES string of the molecule is COc1cc(NC2=C(c3ccc(C)cc3C)C(=O)N(c3ccccc3)C2=O)cc(OC)c1OC. The van der Waals surface area contributed by atoms with Crippen molar-refractivity contribution in [2.75, 3.05) is 31.5 Å². The molecule has 0 spiro atoms. The topological polar surface area (TPSA) is 77.1 Å². The molecule has 4 rings (SSSR count). The largest absolute Gasteiger partial charge is 0.493 e. The van der Waals surface area contributed by atoms with Gasteiger partial charge < -0.3 is 19.5 Å². The molecule has 34 heavy (non-hydrogen) atoms. The molecule has 0 fully saturated rings. The van der Waals surface area contributed by atoms with Crippen LogP contribution in [0, 0.1) is 13.8 Å². The second-order valence-electron chi connectivity index (χ2n) is 7.89. The van der Waals surface area contributed by atoms with E-state index in [-0.39, 0.29) is 5.70 Å². The van der Waals surface area contributed by atoms with E-state index in [0.717, 1.165) is 11.1 Å². The number of hydrogen-bond acceptors (Lipinski definition) is 6. The first-order valence-electron chi connectivity index (χ1n) is 10.7. The minimum Gasteiger partial charge on any atom is -0.493 e. The number of nitrogens with zero attached hydrogens (tertiary/aromatic N) is 1. The number of para-hydroxylation sites is 1. The fourth-order valence-electron chi connectivity index (χ4n) is 4.10. The Labute approximate surface area is 198 Å². The number of hydrogen-bond donors (Lipinski definition) is 1. The van der Waals surface area contributed by atoms with Gasteiger partial charge in [0, 0.05) is 17.8 Å². The van der Waals surface area contributed by atoms with E-state index in [4.69, 9.17) is 14.2 Å². The average Bonchev–Trinajstić information content (AvgIpc) is 3.08. The Morgan fingerprint density at radius 1 is 0.765 bits per heavy atom. The summed E-state index contributed by atoms with van der Waals surface area (Å²) in [6.07, 6.45) is 0. The Balaban J connectivity index is 1.88. The molecular formula is C27H26N2O5. The van der Waals surface area contributed by atoms with Crippen molar-refractivity contribution in [1.82, 2.24) is 0 Å². The molecule has 0 aliphatic carbocycles. The molecule has 0 saturated carbocycles. The maximum absolute atomic E-state index is 13.6. The van der Waals surface area contributed by atoms with Gasteiger partial charge in [-0.1, -0.05) is 42.0 Å². The number of methoxy groups -OCH3 is 3. The van der Waals surface area contributed by atoms with E-state index < -0.39 is 11.8 Å². The van der Waals surface area contributed by atoms with Gasteiger partial charge in [0.2, 0.25) is 5.75 Å². The van der Waals surface area contributed by atoms with Gasteiger partial charge in [0.1, 0.15) is 5.70 Å². The lowest BCUT2D eigenvalue weighted by Gasteiger charge is -2.16. The standard InChI is InChI=1S/C27H26N2O5/c1-16-11-12-20(17(2)13-16)23-24(27(31)29(26(23)30)19-9-7-6-8-10-19)28-18-14-21(32-3)25(34-5)22(15-18)33-4/h6-15,28H,1-5H3. The lowest BCUT2D eigenvalue weighted by atomic mass is 9.97. The number of benzene rings is 3. The second kappa shape index (κ2) is 9.31. The normalized spacial score (nSPS) is 13.4. The fraction of sp³-hybridized carbons (Fsp3) is 0.185. The van der Waals surface area contributed by atoms with Gasteiger partial charge in [-0.15, -0.1) is 0 Å². The first kappa shape index (κ1) is 22.9. The molecule has 7 heteroatoms. The molecule has 3 aromatic carbocycles. The van der Waals surface area contributed by atoms with Crippen LogP contribution in [0.4, 0.5) is 11.4 Å². The third kappa shape index (κ3) is 3.96. The Hall–Kier alpha value is -4.26. The van der Waals surface area contributed by atoms with Crippen LogP contribution < -0.4 is 24.4 Å². The van der Waals surface area contributed by atoms with Crippen molar-refractivity contribution in [2.45, 2.75) is 13.8 Å². The van der Waals surface area contributed by atoms with E-state index in [1.807, 2.05) is 38.1 Å². The third-order valence-electron chi connectivity index (χ3n) is 5.68. The summed E-state index contributed by atoms with van der Waals surface area (Å²) in [5.41, 5.74) is 4.16. The predicted octanol–water partition coefficient (Wildman–Crippen LogP) is 4.73. The van der Waals surface area contributed by atoms with Crippen molar-refractivity contribution in [2.24, 2.45) is 0 Å². The van der Waals surface area contributed by atoms with Crippen LogP contribution in [0.1, 0.15) is 16.7 Å². The van der Waals surface area contributed by atoms with E-state index in [1.165, 1.54) is 26.2 Å². The molecule has 3 aromatic rings. The van der Waals surface area contributed by atoms with Gasteiger partial charge in [0.25, 0.3) is 11.8 Å². The van der Waals surface area contributed by atoms with Gasteiger partial charge in [0.05, 0.1) is 32.6 Å². The van der Waals surface area contributed by atoms with Crippen LogP contribution in [0.5, 0.6) is 17.2 Å². The number of ether oxygens (including phenoxy) is 3. The molecular weight excluding hydrogens is 432 g/mol. The third-order valence-corrected chi connectivity index (χ3v) is 5.68. The summed E-state index contributed by atoms with van der Waals surface area (Å²) in [5, 5.41) is 3.16. The van der Waals surface area contributed by atoms with Crippen molar-refractivity contribution in [3.63, 3.8) is 0 Å². The van der Waals surface area contributed by atoms with E-state index in [9.17, 15) is 9.59 Å². The summed E-state index contributed by atoms with van der Waals surface area (Å²) in [6, 6.07) is 18.0. The van der Waals surface area contributed by atoms with Crippen LogP contribution in [0.25, 0.3) is 5.57 Å². The van der Waals surface area contributed by atoms with E-state index >= 15 is 0 Å². The van der Waals surface area contributed by atoms with Crippen LogP contribution >= 0.6 is 0 Å². The summed E-state index contributed by atoms with van der Waals surface area (Å²) in [6.45, 7) is 3.91. The van der Waals surface area contributed by atoms with Crippen molar-refractivity contribution >= 4 is 28.8 Å². The minimum absolute atomic E-state index is 0.176. The van der Waals surface area contributed by atoms with Gasteiger partial charge in [-0.2, -0.15) is 0 Å². The molecule has 0 saturated heterocycles. The molecule has 0 atom stereocenters. The Bertz CT molecular complexity index is 1270. The number of carbonyl (C=O) groups is 2. The lowest BCUT2D eigenvalue weighted by molar-refractivity contribution is -0.120. The van der Waals surface area contributed by atoms with Gasteiger partial charge in [-0.25, -0.2) is 4.90 Å². The molecule has 0 radical (unpaired) electrons. The smallest absolute Gasteiger partial charge is 0.282 e. The Kier molecular flexibility index (Phi) is 6.27. The van der Waals surface area contributed by atoms with Crippen LogP contribution in [-0.4, -0.2) is 33.1 Å². The number of carbonyl (C=O) groups excluding carboxylic acids is 2. The zero-order chi connectivity index (χ0) is 24.4. The van der Waals surface area contributed by atoms with Crippen molar-refractivity contribution in [3.05, 3.63) is 83.1 Å². The lowest BCUT2D eigenvalue weighted by Crippen LogP contribution is -2.32.